The van der Waals surface area contributed by atoms with Crippen LogP contribution in [0.4, 0.5) is 5.69 Å². The van der Waals surface area contributed by atoms with Gasteiger partial charge in [-0.2, -0.15) is 0 Å². The van der Waals surface area contributed by atoms with Crippen LogP contribution in [-0.2, 0) is 19.6 Å². The van der Waals surface area contributed by atoms with Gasteiger partial charge in [0.1, 0.15) is 4.90 Å². The maximum atomic E-state index is 11.8. The number of anilines is 1. The molecule has 1 aliphatic heterocycles. The van der Waals surface area contributed by atoms with E-state index in [-0.39, 0.29) is 29.0 Å². The quantitative estimate of drug-likeness (QED) is 0.856. The normalized spacial score (nSPS) is 19.3. The smallest absolute Gasteiger partial charge is 0.240 e. The number of benzene rings is 1. The molecule has 2 rings (SSSR count). The van der Waals surface area contributed by atoms with Crippen LogP contribution in [0.5, 0.6) is 0 Å². The van der Waals surface area contributed by atoms with Gasteiger partial charge in [0.2, 0.25) is 15.9 Å². The van der Waals surface area contributed by atoms with Crippen molar-refractivity contribution in [3.63, 3.8) is 0 Å². The van der Waals surface area contributed by atoms with E-state index in [1.165, 1.54) is 12.1 Å². The van der Waals surface area contributed by atoms with E-state index in [0.717, 1.165) is 12.8 Å². The van der Waals surface area contributed by atoms with Crippen LogP contribution >= 0.6 is 0 Å². The van der Waals surface area contributed by atoms with Gasteiger partial charge in [0.25, 0.3) is 0 Å². The Kier molecular flexibility index (Phi) is 4.18. The Morgan fingerprint density at radius 1 is 1.42 bits per heavy atom. The highest BCUT2D eigenvalue weighted by atomic mass is 32.2. The number of hydrogen-bond donors (Lipinski definition) is 2. The molecule has 1 atom stereocenters. The highest BCUT2D eigenvalue weighted by Crippen LogP contribution is 2.21. The van der Waals surface area contributed by atoms with Gasteiger partial charge in [-0.15, -0.1) is 0 Å². The van der Waals surface area contributed by atoms with Crippen molar-refractivity contribution in [3.8, 4) is 0 Å². The lowest BCUT2D eigenvalue weighted by molar-refractivity contribution is -0.118. The van der Waals surface area contributed by atoms with Crippen LogP contribution in [0.25, 0.3) is 0 Å². The van der Waals surface area contributed by atoms with Crippen molar-refractivity contribution >= 4 is 21.6 Å². The van der Waals surface area contributed by atoms with Crippen molar-refractivity contribution in [2.45, 2.75) is 30.3 Å². The first-order valence-corrected chi connectivity index (χ1v) is 7.55. The van der Waals surface area contributed by atoms with Crippen molar-refractivity contribution in [1.29, 1.82) is 0 Å². The molecule has 3 N–H and O–H groups in total. The molecule has 1 amide bonds. The van der Waals surface area contributed by atoms with Gasteiger partial charge in [0.05, 0.1) is 18.2 Å². The van der Waals surface area contributed by atoms with Gasteiger partial charge in [-0.3, -0.25) is 4.79 Å². The number of primary sulfonamides is 1. The summed E-state index contributed by atoms with van der Waals surface area (Å²) in [6, 6.07) is 6.05. The third-order valence-corrected chi connectivity index (χ3v) is 3.87. The molecule has 7 heteroatoms. The van der Waals surface area contributed by atoms with Crippen molar-refractivity contribution in [3.05, 3.63) is 24.3 Å². The lowest BCUT2D eigenvalue weighted by Crippen LogP contribution is -2.21. The lowest BCUT2D eigenvalue weighted by atomic mass is 10.2. The third-order valence-electron chi connectivity index (χ3n) is 2.90. The van der Waals surface area contributed by atoms with E-state index in [2.05, 4.69) is 5.32 Å². The van der Waals surface area contributed by atoms with E-state index in [0.29, 0.717) is 6.61 Å². The van der Waals surface area contributed by atoms with Crippen molar-refractivity contribution in [2.75, 3.05) is 11.9 Å². The van der Waals surface area contributed by atoms with Crippen LogP contribution in [0.15, 0.2) is 29.2 Å². The van der Waals surface area contributed by atoms with Gasteiger partial charge in [0, 0.05) is 6.61 Å². The zero-order valence-electron chi connectivity index (χ0n) is 10.3. The van der Waals surface area contributed by atoms with E-state index in [4.69, 9.17) is 9.88 Å². The molecular formula is C12H16N2O4S. The summed E-state index contributed by atoms with van der Waals surface area (Å²) in [5.41, 5.74) is 0.202. The predicted molar refractivity (Wildman–Crippen MR) is 70.0 cm³/mol. The Morgan fingerprint density at radius 2 is 2.16 bits per heavy atom. The minimum Gasteiger partial charge on any atom is -0.378 e. The summed E-state index contributed by atoms with van der Waals surface area (Å²) in [7, 11) is -3.85. The highest BCUT2D eigenvalue weighted by molar-refractivity contribution is 7.89. The van der Waals surface area contributed by atoms with E-state index in [9.17, 15) is 13.2 Å². The zero-order chi connectivity index (χ0) is 13.9. The number of carbonyl (C=O) groups is 1. The molecule has 0 spiro atoms. The number of para-hydroxylation sites is 1. The molecular weight excluding hydrogens is 268 g/mol. The molecule has 0 aromatic heterocycles. The largest absolute Gasteiger partial charge is 0.378 e. The second kappa shape index (κ2) is 5.68. The van der Waals surface area contributed by atoms with Crippen molar-refractivity contribution < 1.29 is 17.9 Å². The van der Waals surface area contributed by atoms with Gasteiger partial charge < -0.3 is 10.1 Å². The second-order valence-corrected chi connectivity index (χ2v) is 5.96. The Labute approximate surface area is 112 Å². The topological polar surface area (TPSA) is 98.5 Å². The standard InChI is InChI=1S/C12H16N2O4S/c13-19(16,17)11-6-2-1-5-10(11)14-12(15)8-9-4-3-7-18-9/h1-2,5-6,9H,3-4,7-8H2,(H,14,15)(H2,13,16,17). The first kappa shape index (κ1) is 14.0. The number of nitrogens with one attached hydrogen (secondary N) is 1. The minimum atomic E-state index is -3.85. The summed E-state index contributed by atoms with van der Waals surface area (Å²) in [5.74, 6) is -0.275. The molecule has 6 nitrogen and oxygen atoms in total. The fraction of sp³-hybridized carbons (Fsp3) is 0.417. The maximum Gasteiger partial charge on any atom is 0.240 e. The van der Waals surface area contributed by atoms with Gasteiger partial charge in [-0.05, 0) is 25.0 Å². The molecule has 0 aliphatic carbocycles. The van der Waals surface area contributed by atoms with Crippen molar-refractivity contribution in [2.24, 2.45) is 5.14 Å². The summed E-state index contributed by atoms with van der Waals surface area (Å²) in [4.78, 5) is 11.7. The number of amides is 1. The third kappa shape index (κ3) is 3.76. The number of hydrogen-bond acceptors (Lipinski definition) is 4. The van der Waals surface area contributed by atoms with Crippen LogP contribution in [-0.4, -0.2) is 27.0 Å². The number of carbonyl (C=O) groups excluding carboxylic acids is 1. The fourth-order valence-electron chi connectivity index (χ4n) is 2.03. The summed E-state index contributed by atoms with van der Waals surface area (Å²) < 4.78 is 28.1. The molecule has 1 unspecified atom stereocenters. The monoisotopic (exact) mass is 284 g/mol. The van der Waals surface area contributed by atoms with Gasteiger partial charge in [-0.1, -0.05) is 12.1 Å². The zero-order valence-corrected chi connectivity index (χ0v) is 11.2. The highest BCUT2D eigenvalue weighted by Gasteiger charge is 2.20. The Balaban J connectivity index is 2.08. The Morgan fingerprint density at radius 3 is 2.79 bits per heavy atom. The van der Waals surface area contributed by atoms with Gasteiger partial charge in [-0.25, -0.2) is 13.6 Å². The molecule has 104 valence electrons. The van der Waals surface area contributed by atoms with Gasteiger partial charge >= 0.3 is 0 Å². The van der Waals surface area contributed by atoms with Crippen LogP contribution in [0.2, 0.25) is 0 Å². The van der Waals surface area contributed by atoms with Crippen LogP contribution in [0, 0.1) is 0 Å². The first-order valence-electron chi connectivity index (χ1n) is 6.00. The molecule has 1 fully saturated rings. The van der Waals surface area contributed by atoms with Crippen molar-refractivity contribution in [1.82, 2.24) is 0 Å². The van der Waals surface area contributed by atoms with E-state index in [1.54, 1.807) is 12.1 Å². The average Bonchev–Trinajstić information content (AvgIpc) is 2.81. The number of rotatable bonds is 4. The Bertz CT molecular complexity index is 565. The molecule has 0 radical (unpaired) electrons. The summed E-state index contributed by atoms with van der Waals surface area (Å²) in [6.45, 7) is 0.672. The average molecular weight is 284 g/mol. The molecule has 19 heavy (non-hydrogen) atoms. The van der Waals surface area contributed by atoms with E-state index in [1.807, 2.05) is 0 Å². The molecule has 1 heterocycles. The Hall–Kier alpha value is -1.44. The summed E-state index contributed by atoms with van der Waals surface area (Å²) in [6.07, 6.45) is 1.94. The predicted octanol–water partition coefficient (Wildman–Crippen LogP) is 0.842. The summed E-state index contributed by atoms with van der Waals surface area (Å²) >= 11 is 0. The fourth-order valence-corrected chi connectivity index (χ4v) is 2.73. The molecule has 1 aliphatic rings. The SMILES string of the molecule is NS(=O)(=O)c1ccccc1NC(=O)CC1CCCO1. The molecule has 1 saturated heterocycles. The second-order valence-electron chi connectivity index (χ2n) is 4.43. The molecule has 0 saturated carbocycles. The first-order chi connectivity index (χ1) is 8.97. The number of nitrogens with two attached hydrogens (primary N) is 1. The number of sulfonamides is 1. The maximum absolute atomic E-state index is 11.8. The van der Waals surface area contributed by atoms with E-state index >= 15 is 0 Å². The molecule has 1 aromatic rings. The van der Waals surface area contributed by atoms with Gasteiger partial charge in [0.15, 0.2) is 0 Å². The molecule has 0 bridgehead atoms. The van der Waals surface area contributed by atoms with E-state index < -0.39 is 10.0 Å². The molecule has 1 aromatic carbocycles. The lowest BCUT2D eigenvalue weighted by Gasteiger charge is -2.12. The van der Waals surface area contributed by atoms with Crippen LogP contribution in [0.1, 0.15) is 19.3 Å². The van der Waals surface area contributed by atoms with Crippen LogP contribution in [0.3, 0.4) is 0 Å². The van der Waals surface area contributed by atoms with Crippen LogP contribution < -0.4 is 10.5 Å². The summed E-state index contributed by atoms with van der Waals surface area (Å²) in [5, 5.41) is 7.66. The minimum absolute atomic E-state index is 0.0818. The number of ether oxygens (including phenoxy) is 1.